The molecule has 1 aliphatic heterocycles. The molecular formula is C25H27N3O. The molecular weight excluding hydrogens is 358 g/mol. The Labute approximate surface area is 172 Å². The smallest absolute Gasteiger partial charge is 0.321 e. The molecule has 1 saturated carbocycles. The van der Waals surface area contributed by atoms with E-state index in [0.717, 1.165) is 42.0 Å². The molecule has 2 fully saturated rings. The van der Waals surface area contributed by atoms with Crippen molar-refractivity contribution in [1.29, 1.82) is 0 Å². The first-order valence-electron chi connectivity index (χ1n) is 10.1. The molecule has 4 rings (SSSR count). The van der Waals surface area contributed by atoms with Crippen LogP contribution in [0.5, 0.6) is 0 Å². The number of nitrogens with one attached hydrogen (secondary N) is 1. The van der Waals surface area contributed by atoms with E-state index >= 15 is 0 Å². The van der Waals surface area contributed by atoms with Crippen molar-refractivity contribution in [2.75, 3.05) is 18.4 Å². The van der Waals surface area contributed by atoms with Gasteiger partial charge in [-0.25, -0.2) is 4.79 Å². The summed E-state index contributed by atoms with van der Waals surface area (Å²) in [5.74, 6) is 0.532. The maximum atomic E-state index is 12.9. The van der Waals surface area contributed by atoms with Crippen LogP contribution in [0, 0.1) is 18.3 Å². The average Bonchev–Trinajstić information content (AvgIpc) is 3.31. The molecule has 0 radical (unpaired) electrons. The summed E-state index contributed by atoms with van der Waals surface area (Å²) in [6.07, 6.45) is 11.1. The molecule has 2 atom stereocenters. The zero-order chi connectivity index (χ0) is 20.4. The van der Waals surface area contributed by atoms with Gasteiger partial charge < -0.3 is 10.2 Å². The number of hydrogen-bond acceptors (Lipinski definition) is 2. The van der Waals surface area contributed by atoms with Gasteiger partial charge in [-0.15, -0.1) is 0 Å². The Morgan fingerprint density at radius 3 is 2.93 bits per heavy atom. The number of pyridine rings is 1. The van der Waals surface area contributed by atoms with Crippen LogP contribution in [0.15, 0.2) is 79.1 Å². The number of likely N-dealkylation sites (tertiary alicyclic amines) is 1. The van der Waals surface area contributed by atoms with E-state index in [1.165, 1.54) is 5.57 Å². The van der Waals surface area contributed by atoms with Crippen LogP contribution in [0.3, 0.4) is 0 Å². The largest absolute Gasteiger partial charge is 0.323 e. The molecule has 1 saturated heterocycles. The minimum atomic E-state index is -0.0400. The van der Waals surface area contributed by atoms with Crippen LogP contribution in [0.25, 0.3) is 11.3 Å². The number of carbonyl (C=O) groups is 1. The number of benzene rings is 1. The lowest BCUT2D eigenvalue weighted by atomic mass is 9.94. The first kappa shape index (κ1) is 19.2. The third-order valence-electron chi connectivity index (χ3n) is 6.13. The summed E-state index contributed by atoms with van der Waals surface area (Å²) in [4.78, 5) is 19.3. The molecule has 0 bridgehead atoms. The van der Waals surface area contributed by atoms with E-state index in [0.29, 0.717) is 5.92 Å². The summed E-state index contributed by atoms with van der Waals surface area (Å²) >= 11 is 0. The molecule has 4 heteroatoms. The molecule has 1 N–H and O–H groups in total. The Morgan fingerprint density at radius 1 is 1.34 bits per heavy atom. The van der Waals surface area contributed by atoms with Crippen LogP contribution < -0.4 is 5.32 Å². The molecule has 2 heterocycles. The van der Waals surface area contributed by atoms with Gasteiger partial charge in [0.2, 0.25) is 0 Å². The molecule has 2 unspecified atom stereocenters. The van der Waals surface area contributed by atoms with E-state index in [-0.39, 0.29) is 11.4 Å². The fraction of sp³-hybridized carbons (Fsp3) is 0.280. The molecule has 29 heavy (non-hydrogen) atoms. The Bertz CT molecular complexity index is 992. The predicted octanol–water partition coefficient (Wildman–Crippen LogP) is 5.60. The third-order valence-corrected chi connectivity index (χ3v) is 6.13. The molecule has 2 aromatic rings. The Balaban J connectivity index is 1.48. The Morgan fingerprint density at radius 2 is 2.21 bits per heavy atom. The second-order valence-corrected chi connectivity index (χ2v) is 7.96. The number of rotatable bonds is 5. The number of amides is 2. The second-order valence-electron chi connectivity index (χ2n) is 7.96. The van der Waals surface area contributed by atoms with Gasteiger partial charge >= 0.3 is 6.03 Å². The number of carbonyl (C=O) groups excluding carboxylic acids is 1. The molecule has 148 valence electrons. The number of aryl methyl sites for hydroxylation is 1. The highest BCUT2D eigenvalue weighted by atomic mass is 16.2. The van der Waals surface area contributed by atoms with Gasteiger partial charge in [0.1, 0.15) is 0 Å². The molecule has 4 nitrogen and oxygen atoms in total. The van der Waals surface area contributed by atoms with Crippen molar-refractivity contribution < 1.29 is 4.79 Å². The van der Waals surface area contributed by atoms with Crippen molar-refractivity contribution in [3.63, 3.8) is 0 Å². The fourth-order valence-corrected chi connectivity index (χ4v) is 4.42. The maximum Gasteiger partial charge on any atom is 0.321 e. The summed E-state index contributed by atoms with van der Waals surface area (Å²) < 4.78 is 0. The SMILES string of the molecule is C=C/C(=C\C=C/C)C12CC1CN(C(=O)Nc1ccc(C)c(-c3ccccn3)c1)C2. The molecule has 1 aromatic carbocycles. The molecule has 0 spiro atoms. The highest BCUT2D eigenvalue weighted by molar-refractivity contribution is 5.91. The lowest BCUT2D eigenvalue weighted by molar-refractivity contribution is 0.215. The minimum Gasteiger partial charge on any atom is -0.323 e. The van der Waals surface area contributed by atoms with E-state index in [1.807, 2.05) is 60.4 Å². The standard InChI is InChI=1S/C25H27N3O/c1-4-6-9-19(5-2)25-15-20(25)16-28(17-25)24(29)27-21-12-11-18(3)22(14-21)23-10-7-8-13-26-23/h4-14,20H,2,15-17H2,1,3H3,(H,27,29)/b6-4-,19-9+. The van der Waals surface area contributed by atoms with E-state index in [1.54, 1.807) is 6.20 Å². The predicted molar refractivity (Wildman–Crippen MR) is 119 cm³/mol. The minimum absolute atomic E-state index is 0.0400. The van der Waals surface area contributed by atoms with Crippen molar-refractivity contribution in [2.45, 2.75) is 20.3 Å². The van der Waals surface area contributed by atoms with Crippen molar-refractivity contribution in [1.82, 2.24) is 9.88 Å². The van der Waals surface area contributed by atoms with Gasteiger partial charge in [-0.1, -0.05) is 43.0 Å². The van der Waals surface area contributed by atoms with Gasteiger partial charge in [-0.05, 0) is 61.6 Å². The lowest BCUT2D eigenvalue weighted by Gasteiger charge is -2.22. The van der Waals surface area contributed by atoms with Gasteiger partial charge in [0, 0.05) is 36.0 Å². The summed E-state index contributed by atoms with van der Waals surface area (Å²) in [6, 6.07) is 11.8. The molecule has 2 amide bonds. The third kappa shape index (κ3) is 3.63. The van der Waals surface area contributed by atoms with Crippen LogP contribution in [-0.4, -0.2) is 29.0 Å². The van der Waals surface area contributed by atoms with E-state index in [4.69, 9.17) is 0 Å². The normalized spacial score (nSPS) is 23.2. The van der Waals surface area contributed by atoms with Crippen LogP contribution in [0.1, 0.15) is 18.9 Å². The Kier molecular flexibility index (Phi) is 5.10. The van der Waals surface area contributed by atoms with Crippen LogP contribution in [0.2, 0.25) is 0 Å². The Hall–Kier alpha value is -3.14. The summed E-state index contributed by atoms with van der Waals surface area (Å²) in [5.41, 5.74) is 5.20. The lowest BCUT2D eigenvalue weighted by Crippen LogP contribution is -2.35. The molecule has 1 aromatic heterocycles. The first-order chi connectivity index (χ1) is 14.1. The number of urea groups is 1. The maximum absolute atomic E-state index is 12.9. The zero-order valence-corrected chi connectivity index (χ0v) is 17.1. The first-order valence-corrected chi connectivity index (χ1v) is 10.1. The number of fused-ring (bicyclic) bond motifs is 1. The van der Waals surface area contributed by atoms with Gasteiger partial charge in [0.15, 0.2) is 0 Å². The highest BCUT2D eigenvalue weighted by Gasteiger charge is 2.61. The summed E-state index contributed by atoms with van der Waals surface area (Å²) in [6.45, 7) is 9.60. The highest BCUT2D eigenvalue weighted by Crippen LogP contribution is 2.62. The summed E-state index contributed by atoms with van der Waals surface area (Å²) in [7, 11) is 0. The quantitative estimate of drug-likeness (QED) is 0.681. The molecule has 1 aliphatic carbocycles. The van der Waals surface area contributed by atoms with Crippen molar-refractivity contribution in [2.24, 2.45) is 11.3 Å². The van der Waals surface area contributed by atoms with Crippen molar-refractivity contribution >= 4 is 11.7 Å². The van der Waals surface area contributed by atoms with Gasteiger partial charge in [-0.2, -0.15) is 0 Å². The van der Waals surface area contributed by atoms with Gasteiger partial charge in [0.25, 0.3) is 0 Å². The topological polar surface area (TPSA) is 45.2 Å². The van der Waals surface area contributed by atoms with Crippen molar-refractivity contribution in [3.05, 3.63) is 84.6 Å². The van der Waals surface area contributed by atoms with E-state index in [2.05, 4.69) is 36.0 Å². The van der Waals surface area contributed by atoms with Crippen LogP contribution in [-0.2, 0) is 0 Å². The zero-order valence-electron chi connectivity index (χ0n) is 17.1. The monoisotopic (exact) mass is 385 g/mol. The van der Waals surface area contributed by atoms with Crippen molar-refractivity contribution in [3.8, 4) is 11.3 Å². The number of aromatic nitrogens is 1. The second kappa shape index (κ2) is 7.70. The van der Waals surface area contributed by atoms with Crippen LogP contribution in [0.4, 0.5) is 10.5 Å². The number of piperidine rings is 1. The fourth-order valence-electron chi connectivity index (χ4n) is 4.42. The number of allylic oxidation sites excluding steroid dienone is 4. The van der Waals surface area contributed by atoms with Crippen LogP contribution >= 0.6 is 0 Å². The summed E-state index contributed by atoms with van der Waals surface area (Å²) in [5, 5.41) is 3.08. The van der Waals surface area contributed by atoms with Gasteiger partial charge in [-0.3, -0.25) is 4.98 Å². The average molecular weight is 386 g/mol. The number of anilines is 1. The molecule has 2 aliphatic rings. The van der Waals surface area contributed by atoms with E-state index in [9.17, 15) is 4.79 Å². The number of hydrogen-bond donors (Lipinski definition) is 1. The number of nitrogens with zero attached hydrogens (tertiary/aromatic N) is 2. The van der Waals surface area contributed by atoms with Gasteiger partial charge in [0.05, 0.1) is 5.69 Å². The van der Waals surface area contributed by atoms with E-state index < -0.39 is 0 Å².